The van der Waals surface area contributed by atoms with Crippen LogP contribution in [0, 0.1) is 11.3 Å². The van der Waals surface area contributed by atoms with Crippen molar-refractivity contribution in [2.75, 3.05) is 0 Å². The van der Waals surface area contributed by atoms with E-state index in [0.29, 0.717) is 23.0 Å². The summed E-state index contributed by atoms with van der Waals surface area (Å²) in [5.41, 5.74) is 1.29. The molecule has 0 saturated heterocycles. The molecule has 0 aliphatic carbocycles. The third kappa shape index (κ3) is 2.56. The molecule has 0 radical (unpaired) electrons. The maximum Gasteiger partial charge on any atom is 0.177 e. The van der Waals surface area contributed by atoms with E-state index in [1.54, 1.807) is 25.1 Å². The number of nitrogens with zero attached hydrogens (tertiary/aromatic N) is 1. The highest BCUT2D eigenvalue weighted by atomic mass is 79.9. The predicted octanol–water partition coefficient (Wildman–Crippen LogP) is 2.53. The topological polar surface area (TPSA) is 57.9 Å². The molecular weight excluding hydrogens is 270 g/mol. The van der Waals surface area contributed by atoms with Gasteiger partial charge in [0.2, 0.25) is 0 Å². The number of halogens is 1. The Kier molecular flexibility index (Phi) is 4.39. The number of alkyl halides is 1. The van der Waals surface area contributed by atoms with Crippen molar-refractivity contribution in [2.45, 2.75) is 18.2 Å². The maximum atomic E-state index is 11.9. The van der Waals surface area contributed by atoms with Crippen molar-refractivity contribution >= 4 is 28.0 Å². The fraction of sp³-hybridized carbons (Fsp3) is 0.250. The van der Waals surface area contributed by atoms with Crippen LogP contribution in [0.3, 0.4) is 0 Å². The van der Waals surface area contributed by atoms with Gasteiger partial charge in [0.15, 0.2) is 12.1 Å². The zero-order valence-electron chi connectivity index (χ0n) is 8.74. The first-order chi connectivity index (χ1) is 7.61. The van der Waals surface area contributed by atoms with Crippen LogP contribution >= 0.6 is 15.9 Å². The summed E-state index contributed by atoms with van der Waals surface area (Å²) in [5, 5.41) is 8.67. The fourth-order valence-corrected chi connectivity index (χ4v) is 1.68. The summed E-state index contributed by atoms with van der Waals surface area (Å²) in [4.78, 5) is 22.4. The standard InChI is InChI=1S/C12H10BrNO2/c1-8(13)12(16)11-9(5-6-14)3-2-4-10(11)7-15/h2-4,7-8H,5H2,1H3. The van der Waals surface area contributed by atoms with Crippen molar-refractivity contribution in [1.82, 2.24) is 0 Å². The highest BCUT2D eigenvalue weighted by Gasteiger charge is 2.19. The summed E-state index contributed by atoms with van der Waals surface area (Å²) in [6, 6.07) is 6.93. The Balaban J connectivity index is 3.36. The zero-order valence-corrected chi connectivity index (χ0v) is 10.3. The second-order valence-corrected chi connectivity index (χ2v) is 4.69. The highest BCUT2D eigenvalue weighted by Crippen LogP contribution is 2.19. The number of rotatable bonds is 4. The first-order valence-electron chi connectivity index (χ1n) is 4.74. The van der Waals surface area contributed by atoms with Crippen molar-refractivity contribution in [3.8, 4) is 6.07 Å². The zero-order chi connectivity index (χ0) is 12.1. The summed E-state index contributed by atoms with van der Waals surface area (Å²) < 4.78 is 0. The Bertz CT molecular complexity index is 461. The molecule has 3 nitrogen and oxygen atoms in total. The molecule has 1 atom stereocenters. The van der Waals surface area contributed by atoms with Crippen molar-refractivity contribution in [3.63, 3.8) is 0 Å². The van der Waals surface area contributed by atoms with E-state index in [0.717, 1.165) is 0 Å². The third-order valence-electron chi connectivity index (χ3n) is 2.19. The van der Waals surface area contributed by atoms with Gasteiger partial charge in [-0.3, -0.25) is 9.59 Å². The Morgan fingerprint density at radius 2 is 2.31 bits per heavy atom. The van der Waals surface area contributed by atoms with Crippen molar-refractivity contribution in [2.24, 2.45) is 0 Å². The largest absolute Gasteiger partial charge is 0.298 e. The molecule has 0 N–H and O–H groups in total. The second-order valence-electron chi connectivity index (χ2n) is 3.31. The molecule has 0 amide bonds. The quantitative estimate of drug-likeness (QED) is 0.483. The molecule has 0 aliphatic rings. The van der Waals surface area contributed by atoms with Crippen LogP contribution in [-0.4, -0.2) is 16.9 Å². The SMILES string of the molecule is CC(Br)C(=O)c1c(C=O)cccc1CC#N. The molecule has 1 aromatic carbocycles. The number of hydrogen-bond acceptors (Lipinski definition) is 3. The molecule has 0 aliphatic heterocycles. The van der Waals surface area contributed by atoms with Gasteiger partial charge in [0.25, 0.3) is 0 Å². The van der Waals surface area contributed by atoms with E-state index >= 15 is 0 Å². The number of hydrogen-bond donors (Lipinski definition) is 0. The Hall–Kier alpha value is -1.47. The van der Waals surface area contributed by atoms with E-state index in [-0.39, 0.29) is 17.0 Å². The molecule has 1 unspecified atom stereocenters. The molecule has 0 saturated carbocycles. The molecule has 82 valence electrons. The lowest BCUT2D eigenvalue weighted by atomic mass is 9.95. The highest BCUT2D eigenvalue weighted by molar-refractivity contribution is 9.10. The minimum absolute atomic E-state index is 0.127. The van der Waals surface area contributed by atoms with Crippen LogP contribution < -0.4 is 0 Å². The minimum atomic E-state index is -0.369. The van der Waals surface area contributed by atoms with Gasteiger partial charge in [-0.05, 0) is 12.5 Å². The number of carbonyl (C=O) groups is 2. The van der Waals surface area contributed by atoms with E-state index in [1.165, 1.54) is 0 Å². The summed E-state index contributed by atoms with van der Waals surface area (Å²) >= 11 is 3.18. The van der Waals surface area contributed by atoms with E-state index in [2.05, 4.69) is 15.9 Å². The lowest BCUT2D eigenvalue weighted by Crippen LogP contribution is -2.15. The number of benzene rings is 1. The first kappa shape index (κ1) is 12.6. The number of carbonyl (C=O) groups excluding carboxylic acids is 2. The smallest absolute Gasteiger partial charge is 0.177 e. The van der Waals surface area contributed by atoms with E-state index < -0.39 is 0 Å². The van der Waals surface area contributed by atoms with Crippen LogP contribution in [0.15, 0.2) is 18.2 Å². The normalized spacial score (nSPS) is 11.6. The number of ketones is 1. The fourth-order valence-electron chi connectivity index (χ4n) is 1.45. The summed E-state index contributed by atoms with van der Waals surface area (Å²) in [6.45, 7) is 1.69. The second kappa shape index (κ2) is 5.57. The van der Waals surface area contributed by atoms with Gasteiger partial charge in [-0.25, -0.2) is 0 Å². The molecule has 0 aromatic heterocycles. The van der Waals surface area contributed by atoms with E-state index in [4.69, 9.17) is 5.26 Å². The van der Waals surface area contributed by atoms with Gasteiger partial charge in [-0.1, -0.05) is 34.1 Å². The predicted molar refractivity (Wildman–Crippen MR) is 63.9 cm³/mol. The molecule has 1 rings (SSSR count). The average Bonchev–Trinajstić information content (AvgIpc) is 2.28. The van der Waals surface area contributed by atoms with E-state index in [9.17, 15) is 9.59 Å². The molecule has 1 aromatic rings. The molecule has 4 heteroatoms. The minimum Gasteiger partial charge on any atom is -0.298 e. The molecule has 0 heterocycles. The monoisotopic (exact) mass is 279 g/mol. The number of aldehydes is 1. The van der Waals surface area contributed by atoms with Gasteiger partial charge in [0.05, 0.1) is 17.3 Å². The van der Waals surface area contributed by atoms with E-state index in [1.807, 2.05) is 6.07 Å². The molecule has 16 heavy (non-hydrogen) atoms. The van der Waals surface area contributed by atoms with Crippen LogP contribution in [0.2, 0.25) is 0 Å². The van der Waals surface area contributed by atoms with Crippen LogP contribution in [0.25, 0.3) is 0 Å². The number of nitriles is 1. The van der Waals surface area contributed by atoms with Gasteiger partial charge < -0.3 is 0 Å². The number of Topliss-reactive ketones (excluding diaryl/α,β-unsaturated/α-hetero) is 1. The van der Waals surface area contributed by atoms with Crippen molar-refractivity contribution in [3.05, 3.63) is 34.9 Å². The maximum absolute atomic E-state index is 11.9. The van der Waals surface area contributed by atoms with Crippen LogP contribution in [0.4, 0.5) is 0 Å². The Morgan fingerprint density at radius 3 is 2.81 bits per heavy atom. The molecule has 0 bridgehead atoms. The van der Waals surface area contributed by atoms with Crippen molar-refractivity contribution < 1.29 is 9.59 Å². The first-order valence-corrected chi connectivity index (χ1v) is 5.65. The van der Waals surface area contributed by atoms with Gasteiger partial charge in [0, 0.05) is 11.1 Å². The van der Waals surface area contributed by atoms with Gasteiger partial charge in [0.1, 0.15) is 0 Å². The Labute approximate surface area is 102 Å². The summed E-state index contributed by atoms with van der Waals surface area (Å²) in [5.74, 6) is -0.173. The summed E-state index contributed by atoms with van der Waals surface area (Å²) in [7, 11) is 0. The van der Waals surface area contributed by atoms with Crippen LogP contribution in [0.5, 0.6) is 0 Å². The average molecular weight is 280 g/mol. The van der Waals surface area contributed by atoms with Gasteiger partial charge in [-0.15, -0.1) is 0 Å². The van der Waals surface area contributed by atoms with Gasteiger partial charge >= 0.3 is 0 Å². The van der Waals surface area contributed by atoms with Crippen LogP contribution in [-0.2, 0) is 6.42 Å². The Morgan fingerprint density at radius 1 is 1.62 bits per heavy atom. The molecule has 0 fully saturated rings. The summed E-state index contributed by atoms with van der Waals surface area (Å²) in [6.07, 6.45) is 0.770. The lowest BCUT2D eigenvalue weighted by molar-refractivity contribution is 0.0988. The van der Waals surface area contributed by atoms with Crippen molar-refractivity contribution in [1.29, 1.82) is 5.26 Å². The lowest BCUT2D eigenvalue weighted by Gasteiger charge is -2.09. The molecular formula is C12H10BrNO2. The third-order valence-corrected chi connectivity index (χ3v) is 2.60. The van der Waals surface area contributed by atoms with Gasteiger partial charge in [-0.2, -0.15) is 5.26 Å². The molecule has 0 spiro atoms. The van der Waals surface area contributed by atoms with Crippen LogP contribution in [0.1, 0.15) is 33.2 Å².